The zero-order valence-electron chi connectivity index (χ0n) is 12.5. The first-order chi connectivity index (χ1) is 11.3. The molecule has 3 rings (SSSR count). The summed E-state index contributed by atoms with van der Waals surface area (Å²) >= 11 is 0. The third kappa shape index (κ3) is 3.72. The van der Waals surface area contributed by atoms with Gasteiger partial charge < -0.3 is 15.4 Å². The summed E-state index contributed by atoms with van der Waals surface area (Å²) in [6.45, 7) is 2.38. The number of nitrogens with one attached hydrogen (secondary N) is 2. The van der Waals surface area contributed by atoms with Crippen LogP contribution in [-0.2, 0) is 4.74 Å². The molecule has 6 nitrogen and oxygen atoms in total. The van der Waals surface area contributed by atoms with Crippen molar-refractivity contribution in [3.63, 3.8) is 0 Å². The number of hydrogen-bond donors (Lipinski definition) is 2. The van der Waals surface area contributed by atoms with Gasteiger partial charge in [0.15, 0.2) is 0 Å². The fraction of sp³-hybridized carbons (Fsp3) is 0.235. The standard InChI is InChI=1S/C17H16N4O2/c18-9-15-6-3-13(10-20-15)17(22)21-14-4-1-12(2-5-14)16-11-19-7-8-23-16/h1-6,10,16,19H,7-8,11H2,(H,21,22)/t16-/m0/s1. The lowest BCUT2D eigenvalue weighted by molar-refractivity contribution is 0.0277. The van der Waals surface area contributed by atoms with Crippen molar-refractivity contribution in [2.24, 2.45) is 0 Å². The molecule has 1 fully saturated rings. The van der Waals surface area contributed by atoms with Gasteiger partial charge in [-0.25, -0.2) is 4.98 Å². The number of nitrogens with zero attached hydrogens (tertiary/aromatic N) is 2. The first kappa shape index (κ1) is 15.2. The Balaban J connectivity index is 1.65. The fourth-order valence-corrected chi connectivity index (χ4v) is 2.36. The van der Waals surface area contributed by atoms with Crippen molar-refractivity contribution in [1.29, 1.82) is 5.26 Å². The molecule has 1 aliphatic rings. The molecule has 0 aliphatic carbocycles. The minimum atomic E-state index is -0.259. The number of carbonyl (C=O) groups is 1. The molecule has 2 N–H and O–H groups in total. The highest BCUT2D eigenvalue weighted by atomic mass is 16.5. The molecular weight excluding hydrogens is 292 g/mol. The molecule has 23 heavy (non-hydrogen) atoms. The number of ether oxygens (including phenoxy) is 1. The van der Waals surface area contributed by atoms with Crippen LogP contribution in [0.25, 0.3) is 0 Å². The first-order valence-corrected chi connectivity index (χ1v) is 7.36. The maximum absolute atomic E-state index is 12.1. The Morgan fingerprint density at radius 1 is 1.30 bits per heavy atom. The third-order valence-electron chi connectivity index (χ3n) is 3.61. The molecule has 0 unspecified atom stereocenters. The summed E-state index contributed by atoms with van der Waals surface area (Å²) < 4.78 is 5.69. The largest absolute Gasteiger partial charge is 0.371 e. The zero-order valence-corrected chi connectivity index (χ0v) is 12.5. The van der Waals surface area contributed by atoms with Gasteiger partial charge in [-0.05, 0) is 29.8 Å². The van der Waals surface area contributed by atoms with Gasteiger partial charge in [0.2, 0.25) is 0 Å². The van der Waals surface area contributed by atoms with E-state index in [0.29, 0.717) is 17.9 Å². The Labute approximate surface area is 134 Å². The number of benzene rings is 1. The molecule has 2 heterocycles. The van der Waals surface area contributed by atoms with Gasteiger partial charge in [0.25, 0.3) is 5.91 Å². The van der Waals surface area contributed by atoms with Crippen molar-refractivity contribution in [3.8, 4) is 6.07 Å². The van der Waals surface area contributed by atoms with Gasteiger partial charge in [-0.1, -0.05) is 12.1 Å². The molecule has 1 aromatic carbocycles. The van der Waals surface area contributed by atoms with Crippen LogP contribution in [0.2, 0.25) is 0 Å². The summed E-state index contributed by atoms with van der Waals surface area (Å²) in [5, 5.41) is 14.8. The monoisotopic (exact) mass is 308 g/mol. The van der Waals surface area contributed by atoms with Crippen LogP contribution in [0, 0.1) is 11.3 Å². The summed E-state index contributed by atoms with van der Waals surface area (Å²) in [5.41, 5.74) is 2.47. The van der Waals surface area contributed by atoms with E-state index in [4.69, 9.17) is 10.00 Å². The van der Waals surface area contributed by atoms with Gasteiger partial charge in [-0.2, -0.15) is 5.26 Å². The van der Waals surface area contributed by atoms with Crippen LogP contribution in [0.5, 0.6) is 0 Å². The topological polar surface area (TPSA) is 87.0 Å². The molecule has 1 saturated heterocycles. The van der Waals surface area contributed by atoms with Crippen molar-refractivity contribution in [1.82, 2.24) is 10.3 Å². The van der Waals surface area contributed by atoms with Crippen LogP contribution in [0.1, 0.15) is 27.7 Å². The van der Waals surface area contributed by atoms with E-state index in [-0.39, 0.29) is 17.7 Å². The van der Waals surface area contributed by atoms with E-state index in [9.17, 15) is 4.79 Å². The molecule has 0 saturated carbocycles. The summed E-state index contributed by atoms with van der Waals surface area (Å²) in [5.74, 6) is -0.259. The summed E-state index contributed by atoms with van der Waals surface area (Å²) in [6, 6.07) is 12.6. The molecule has 0 spiro atoms. The van der Waals surface area contributed by atoms with Crippen LogP contribution >= 0.6 is 0 Å². The Bertz CT molecular complexity index is 714. The molecule has 1 aliphatic heterocycles. The Morgan fingerprint density at radius 2 is 2.13 bits per heavy atom. The number of amides is 1. The second kappa shape index (κ2) is 7.01. The van der Waals surface area contributed by atoms with Gasteiger partial charge >= 0.3 is 0 Å². The fourth-order valence-electron chi connectivity index (χ4n) is 2.36. The minimum Gasteiger partial charge on any atom is -0.371 e. The number of hydrogen-bond acceptors (Lipinski definition) is 5. The van der Waals surface area contributed by atoms with Gasteiger partial charge in [-0.3, -0.25) is 4.79 Å². The van der Waals surface area contributed by atoms with E-state index < -0.39 is 0 Å². The number of carbonyl (C=O) groups excluding carboxylic acids is 1. The highest BCUT2D eigenvalue weighted by Gasteiger charge is 2.15. The maximum Gasteiger partial charge on any atom is 0.257 e. The number of anilines is 1. The van der Waals surface area contributed by atoms with Crippen molar-refractivity contribution in [2.75, 3.05) is 25.0 Å². The van der Waals surface area contributed by atoms with Crippen LogP contribution in [0.15, 0.2) is 42.6 Å². The van der Waals surface area contributed by atoms with E-state index in [1.807, 2.05) is 30.3 Å². The highest BCUT2D eigenvalue weighted by molar-refractivity contribution is 6.04. The molecular formula is C17H16N4O2. The number of nitriles is 1. The first-order valence-electron chi connectivity index (χ1n) is 7.36. The Kier molecular flexibility index (Phi) is 4.62. The number of pyridine rings is 1. The quantitative estimate of drug-likeness (QED) is 0.904. The van der Waals surface area contributed by atoms with E-state index in [1.165, 1.54) is 12.3 Å². The predicted molar refractivity (Wildman–Crippen MR) is 84.9 cm³/mol. The lowest BCUT2D eigenvalue weighted by Gasteiger charge is -2.24. The number of aromatic nitrogens is 1. The smallest absolute Gasteiger partial charge is 0.257 e. The van der Waals surface area contributed by atoms with Gasteiger partial charge in [0.1, 0.15) is 11.8 Å². The molecule has 6 heteroatoms. The lowest BCUT2D eigenvalue weighted by Crippen LogP contribution is -2.33. The second-order valence-electron chi connectivity index (χ2n) is 5.18. The third-order valence-corrected chi connectivity index (χ3v) is 3.61. The minimum absolute atomic E-state index is 0.0521. The maximum atomic E-state index is 12.1. The van der Waals surface area contributed by atoms with Crippen molar-refractivity contribution in [2.45, 2.75) is 6.10 Å². The molecule has 0 bridgehead atoms. The number of morpholine rings is 1. The highest BCUT2D eigenvalue weighted by Crippen LogP contribution is 2.21. The second-order valence-corrected chi connectivity index (χ2v) is 5.18. The van der Waals surface area contributed by atoms with E-state index in [1.54, 1.807) is 6.07 Å². The van der Waals surface area contributed by atoms with Crippen LogP contribution < -0.4 is 10.6 Å². The molecule has 116 valence electrons. The number of rotatable bonds is 3. The summed E-state index contributed by atoms with van der Waals surface area (Å²) in [7, 11) is 0. The van der Waals surface area contributed by atoms with Crippen LogP contribution in [-0.4, -0.2) is 30.6 Å². The molecule has 1 aromatic heterocycles. The van der Waals surface area contributed by atoms with Crippen molar-refractivity contribution in [3.05, 3.63) is 59.4 Å². The molecule has 2 aromatic rings. The van der Waals surface area contributed by atoms with Crippen molar-refractivity contribution < 1.29 is 9.53 Å². The average molecular weight is 308 g/mol. The summed E-state index contributed by atoms with van der Waals surface area (Å²) in [6.07, 6.45) is 1.44. The zero-order chi connectivity index (χ0) is 16.1. The average Bonchev–Trinajstić information content (AvgIpc) is 2.63. The molecule has 1 amide bonds. The van der Waals surface area contributed by atoms with E-state index in [0.717, 1.165) is 18.7 Å². The SMILES string of the molecule is N#Cc1ccc(C(=O)Nc2ccc([C@@H]3CNCCO3)cc2)cn1. The van der Waals surface area contributed by atoms with Gasteiger partial charge in [0, 0.05) is 25.0 Å². The predicted octanol–water partition coefficient (Wildman–Crippen LogP) is 1.87. The molecule has 0 radical (unpaired) electrons. The van der Waals surface area contributed by atoms with Crippen molar-refractivity contribution >= 4 is 11.6 Å². The normalized spacial score (nSPS) is 17.3. The Hall–Kier alpha value is -2.75. The lowest BCUT2D eigenvalue weighted by atomic mass is 10.1. The van der Waals surface area contributed by atoms with Crippen LogP contribution in [0.4, 0.5) is 5.69 Å². The van der Waals surface area contributed by atoms with Crippen LogP contribution in [0.3, 0.4) is 0 Å². The van der Waals surface area contributed by atoms with Gasteiger partial charge in [-0.15, -0.1) is 0 Å². The Morgan fingerprint density at radius 3 is 2.74 bits per heavy atom. The molecule has 1 atom stereocenters. The van der Waals surface area contributed by atoms with E-state index in [2.05, 4.69) is 15.6 Å². The van der Waals surface area contributed by atoms with E-state index >= 15 is 0 Å². The van der Waals surface area contributed by atoms with Gasteiger partial charge in [0.05, 0.1) is 18.3 Å². The summed E-state index contributed by atoms with van der Waals surface area (Å²) in [4.78, 5) is 16.0.